The topological polar surface area (TPSA) is 35.8 Å². The lowest BCUT2D eigenvalue weighted by Gasteiger charge is -1.98. The van der Waals surface area contributed by atoms with Crippen LogP contribution < -0.4 is 9.47 Å². The zero-order valence-electron chi connectivity index (χ0n) is 6.23. The fraction of sp³-hybridized carbons (Fsp3) is 0.125. The van der Waals surface area contributed by atoms with Crippen molar-refractivity contribution in [3.8, 4) is 11.6 Å². The Bertz CT molecular complexity index is 436. The molecule has 60 valence electrons. The van der Waals surface area contributed by atoms with E-state index in [1.807, 2.05) is 22.7 Å². The molecular formula is C8H6N2O2. The Hall–Kier alpha value is -1.71. The summed E-state index contributed by atoms with van der Waals surface area (Å²) in [6.45, 7) is 0.286. The highest BCUT2D eigenvalue weighted by Gasteiger charge is 2.16. The molecule has 0 fully saturated rings. The maximum atomic E-state index is 5.27. The fourth-order valence-electron chi connectivity index (χ4n) is 1.34. The van der Waals surface area contributed by atoms with Gasteiger partial charge in [-0.2, -0.15) is 0 Å². The first-order chi connectivity index (χ1) is 5.95. The van der Waals surface area contributed by atoms with E-state index in [4.69, 9.17) is 9.47 Å². The van der Waals surface area contributed by atoms with Gasteiger partial charge in [0, 0.05) is 6.20 Å². The number of ether oxygens (including phenoxy) is 2. The lowest BCUT2D eigenvalue weighted by molar-refractivity contribution is 0.170. The van der Waals surface area contributed by atoms with Crippen LogP contribution in [0.15, 0.2) is 24.5 Å². The summed E-state index contributed by atoms with van der Waals surface area (Å²) in [7, 11) is 0. The van der Waals surface area contributed by atoms with E-state index in [0.717, 1.165) is 11.5 Å². The Morgan fingerprint density at radius 1 is 1.42 bits per heavy atom. The number of hydrogen-bond donors (Lipinski definition) is 0. The van der Waals surface area contributed by atoms with Crippen molar-refractivity contribution in [1.82, 2.24) is 9.38 Å². The normalized spacial score (nSPS) is 14.0. The number of hydrogen-bond acceptors (Lipinski definition) is 3. The van der Waals surface area contributed by atoms with E-state index >= 15 is 0 Å². The maximum Gasteiger partial charge on any atom is 0.247 e. The van der Waals surface area contributed by atoms with Crippen molar-refractivity contribution in [1.29, 1.82) is 0 Å². The van der Waals surface area contributed by atoms with Gasteiger partial charge in [-0.3, -0.25) is 4.40 Å². The van der Waals surface area contributed by atoms with Crippen molar-refractivity contribution >= 4 is 5.65 Å². The van der Waals surface area contributed by atoms with E-state index in [1.54, 1.807) is 6.20 Å². The molecule has 0 atom stereocenters. The highest BCUT2D eigenvalue weighted by molar-refractivity contribution is 5.48. The van der Waals surface area contributed by atoms with E-state index < -0.39 is 0 Å². The Kier molecular flexibility index (Phi) is 0.935. The van der Waals surface area contributed by atoms with Gasteiger partial charge in [0.25, 0.3) is 0 Å². The third kappa shape index (κ3) is 0.592. The Morgan fingerprint density at radius 2 is 2.42 bits per heavy atom. The van der Waals surface area contributed by atoms with Crippen LogP contribution in [-0.2, 0) is 0 Å². The van der Waals surface area contributed by atoms with Crippen LogP contribution in [0.1, 0.15) is 0 Å². The van der Waals surface area contributed by atoms with Gasteiger partial charge in [-0.05, 0) is 12.1 Å². The summed E-state index contributed by atoms with van der Waals surface area (Å²) in [4.78, 5) is 4.17. The minimum Gasteiger partial charge on any atom is -0.450 e. The van der Waals surface area contributed by atoms with E-state index in [0.29, 0.717) is 5.75 Å². The van der Waals surface area contributed by atoms with Crippen LogP contribution in [0.3, 0.4) is 0 Å². The molecule has 0 saturated carbocycles. The second-order valence-electron chi connectivity index (χ2n) is 2.57. The molecule has 0 N–H and O–H groups in total. The van der Waals surface area contributed by atoms with Crippen LogP contribution in [0.5, 0.6) is 11.6 Å². The molecule has 12 heavy (non-hydrogen) atoms. The van der Waals surface area contributed by atoms with E-state index in [-0.39, 0.29) is 6.79 Å². The number of rotatable bonds is 0. The summed E-state index contributed by atoms with van der Waals surface area (Å²) >= 11 is 0. The predicted molar refractivity (Wildman–Crippen MR) is 41.3 cm³/mol. The summed E-state index contributed by atoms with van der Waals surface area (Å²) < 4.78 is 12.3. The Balaban J connectivity index is 2.46. The molecule has 1 aliphatic rings. The van der Waals surface area contributed by atoms with Gasteiger partial charge in [-0.25, -0.2) is 4.98 Å². The summed E-state index contributed by atoms with van der Waals surface area (Å²) in [6, 6.07) is 3.84. The first kappa shape index (κ1) is 5.88. The molecule has 0 aromatic carbocycles. The Morgan fingerprint density at radius 3 is 3.42 bits per heavy atom. The van der Waals surface area contributed by atoms with Gasteiger partial charge in [0.2, 0.25) is 18.4 Å². The lowest BCUT2D eigenvalue weighted by Crippen LogP contribution is -1.94. The average Bonchev–Trinajstić information content (AvgIpc) is 2.71. The van der Waals surface area contributed by atoms with Gasteiger partial charge in [0.15, 0.2) is 0 Å². The predicted octanol–water partition coefficient (Wildman–Crippen LogP) is 1.06. The van der Waals surface area contributed by atoms with Crippen LogP contribution in [0.2, 0.25) is 0 Å². The monoisotopic (exact) mass is 162 g/mol. The van der Waals surface area contributed by atoms with Crippen molar-refractivity contribution in [2.45, 2.75) is 0 Å². The van der Waals surface area contributed by atoms with Gasteiger partial charge in [0.05, 0.1) is 6.20 Å². The summed E-state index contributed by atoms with van der Waals surface area (Å²) in [6.07, 6.45) is 3.58. The smallest absolute Gasteiger partial charge is 0.247 e. The fourth-order valence-corrected chi connectivity index (χ4v) is 1.34. The van der Waals surface area contributed by atoms with E-state index in [1.165, 1.54) is 0 Å². The first-order valence-corrected chi connectivity index (χ1v) is 3.67. The molecule has 0 unspecified atom stereocenters. The summed E-state index contributed by atoms with van der Waals surface area (Å²) in [5, 5.41) is 0. The number of aromatic nitrogens is 2. The van der Waals surface area contributed by atoms with Gasteiger partial charge >= 0.3 is 0 Å². The molecule has 0 radical (unpaired) electrons. The molecule has 3 rings (SSSR count). The highest BCUT2D eigenvalue weighted by Crippen LogP contribution is 2.31. The maximum absolute atomic E-state index is 5.27. The van der Waals surface area contributed by atoms with Crippen LogP contribution in [0.4, 0.5) is 0 Å². The Labute approximate surface area is 68.4 Å². The number of nitrogens with zero attached hydrogens (tertiary/aromatic N) is 2. The molecule has 3 heterocycles. The number of fused-ring (bicyclic) bond motifs is 3. The zero-order chi connectivity index (χ0) is 7.97. The molecule has 0 aliphatic carbocycles. The van der Waals surface area contributed by atoms with E-state index in [2.05, 4.69) is 4.98 Å². The third-order valence-electron chi connectivity index (χ3n) is 1.88. The molecule has 0 amide bonds. The molecule has 0 spiro atoms. The molecule has 1 aliphatic heterocycles. The van der Waals surface area contributed by atoms with Crippen molar-refractivity contribution < 1.29 is 9.47 Å². The van der Waals surface area contributed by atoms with Crippen LogP contribution in [0, 0.1) is 0 Å². The molecule has 4 heteroatoms. The minimum absolute atomic E-state index is 0.286. The van der Waals surface area contributed by atoms with Gasteiger partial charge < -0.3 is 9.47 Å². The van der Waals surface area contributed by atoms with Crippen LogP contribution >= 0.6 is 0 Å². The van der Waals surface area contributed by atoms with Gasteiger partial charge in [0.1, 0.15) is 5.65 Å². The zero-order valence-corrected chi connectivity index (χ0v) is 6.23. The van der Waals surface area contributed by atoms with E-state index in [9.17, 15) is 0 Å². The van der Waals surface area contributed by atoms with Crippen molar-refractivity contribution in [2.75, 3.05) is 6.79 Å². The van der Waals surface area contributed by atoms with Crippen molar-refractivity contribution in [2.24, 2.45) is 0 Å². The van der Waals surface area contributed by atoms with Crippen LogP contribution in [-0.4, -0.2) is 16.2 Å². The van der Waals surface area contributed by atoms with Crippen molar-refractivity contribution in [3.05, 3.63) is 24.5 Å². The molecular weight excluding hydrogens is 156 g/mol. The molecule has 0 saturated heterocycles. The summed E-state index contributed by atoms with van der Waals surface area (Å²) in [5.74, 6) is 1.45. The average molecular weight is 162 g/mol. The highest BCUT2D eigenvalue weighted by atomic mass is 16.7. The second-order valence-corrected chi connectivity index (χ2v) is 2.57. The van der Waals surface area contributed by atoms with Crippen molar-refractivity contribution in [3.63, 3.8) is 0 Å². The largest absolute Gasteiger partial charge is 0.450 e. The molecule has 0 bridgehead atoms. The quantitative estimate of drug-likeness (QED) is 0.581. The van der Waals surface area contributed by atoms with Gasteiger partial charge in [-0.1, -0.05) is 0 Å². The standard InChI is InChI=1S/C8H6N2O2/c1-2-7-9-4-6-8(10(7)3-1)12-5-11-6/h1-4H,5H2. The SMILES string of the molecule is c1cc2ncc3c(n2c1)OCO3. The third-order valence-corrected chi connectivity index (χ3v) is 1.88. The van der Waals surface area contributed by atoms with Crippen LogP contribution in [0.25, 0.3) is 5.65 Å². The lowest BCUT2D eigenvalue weighted by atomic mass is 10.5. The second kappa shape index (κ2) is 1.91. The molecule has 2 aromatic rings. The molecule has 2 aromatic heterocycles. The van der Waals surface area contributed by atoms with Gasteiger partial charge in [-0.15, -0.1) is 0 Å². The minimum atomic E-state index is 0.286. The first-order valence-electron chi connectivity index (χ1n) is 3.67. The molecule has 4 nitrogen and oxygen atoms in total. The summed E-state index contributed by atoms with van der Waals surface area (Å²) in [5.41, 5.74) is 0.874.